The number of β-amino-alcohol motifs (C(OH)–C–C–N with tert-alkyl or cyclic N) is 1. The fraction of sp³-hybridized carbons (Fsp3) is 0.333. The standard InChI is InChI=1S/C21H21NO4/c23-17-7-4-10-22(13-17)20(24)15-8-9-18-16(11-15)12-19(26-21(18)25)14-5-2-1-3-6-14/h1-3,5-6,8-9,11,17,19,23H,4,7,10,12-13H2. The van der Waals surface area contributed by atoms with E-state index in [1.165, 1.54) is 0 Å². The second-order valence-corrected chi connectivity index (χ2v) is 6.93. The number of hydrogen-bond donors (Lipinski definition) is 1. The number of nitrogens with zero attached hydrogens (tertiary/aromatic N) is 1. The van der Waals surface area contributed by atoms with Crippen molar-refractivity contribution in [2.24, 2.45) is 0 Å². The Bertz CT molecular complexity index is 833. The molecule has 2 aromatic rings. The van der Waals surface area contributed by atoms with Crippen molar-refractivity contribution in [1.82, 2.24) is 4.90 Å². The van der Waals surface area contributed by atoms with E-state index in [0.29, 0.717) is 30.6 Å². The largest absolute Gasteiger partial charge is 0.454 e. The predicted octanol–water partition coefficient (Wildman–Crippen LogP) is 2.74. The third-order valence-corrected chi connectivity index (χ3v) is 5.08. The van der Waals surface area contributed by atoms with Crippen LogP contribution in [0.15, 0.2) is 48.5 Å². The van der Waals surface area contributed by atoms with Gasteiger partial charge in [0.25, 0.3) is 5.91 Å². The van der Waals surface area contributed by atoms with Gasteiger partial charge in [0.1, 0.15) is 6.10 Å². The maximum atomic E-state index is 12.8. The van der Waals surface area contributed by atoms with Crippen LogP contribution < -0.4 is 0 Å². The van der Waals surface area contributed by atoms with Crippen molar-refractivity contribution in [1.29, 1.82) is 0 Å². The van der Waals surface area contributed by atoms with E-state index in [0.717, 1.165) is 24.0 Å². The molecular formula is C21H21NO4. The number of aliphatic hydroxyl groups excluding tert-OH is 1. The van der Waals surface area contributed by atoms with Crippen molar-refractivity contribution in [3.05, 3.63) is 70.8 Å². The van der Waals surface area contributed by atoms with E-state index in [1.807, 2.05) is 30.3 Å². The molecule has 2 heterocycles. The van der Waals surface area contributed by atoms with Gasteiger partial charge in [0.05, 0.1) is 11.7 Å². The molecule has 0 aromatic heterocycles. The lowest BCUT2D eigenvalue weighted by Gasteiger charge is -2.30. The third-order valence-electron chi connectivity index (χ3n) is 5.08. The van der Waals surface area contributed by atoms with E-state index in [9.17, 15) is 14.7 Å². The number of piperidine rings is 1. The summed E-state index contributed by atoms with van der Waals surface area (Å²) in [6.07, 6.45) is 1.30. The minimum absolute atomic E-state index is 0.0956. The van der Waals surface area contributed by atoms with Gasteiger partial charge in [-0.15, -0.1) is 0 Å². The summed E-state index contributed by atoms with van der Waals surface area (Å²) in [6.45, 7) is 1.02. The first-order valence-corrected chi connectivity index (χ1v) is 8.98. The summed E-state index contributed by atoms with van der Waals surface area (Å²) in [4.78, 5) is 26.8. The molecule has 5 nitrogen and oxygen atoms in total. The zero-order chi connectivity index (χ0) is 18.1. The topological polar surface area (TPSA) is 66.8 Å². The van der Waals surface area contributed by atoms with Crippen LogP contribution in [0.1, 0.15) is 50.8 Å². The van der Waals surface area contributed by atoms with Gasteiger partial charge in [0.2, 0.25) is 0 Å². The number of amides is 1. The predicted molar refractivity (Wildman–Crippen MR) is 95.9 cm³/mol. The summed E-state index contributed by atoms with van der Waals surface area (Å²) in [5.74, 6) is -0.450. The second kappa shape index (κ2) is 6.92. The highest BCUT2D eigenvalue weighted by atomic mass is 16.5. The van der Waals surface area contributed by atoms with E-state index in [2.05, 4.69) is 0 Å². The molecule has 2 unspecified atom stereocenters. The van der Waals surface area contributed by atoms with Crippen LogP contribution in [0.4, 0.5) is 0 Å². The van der Waals surface area contributed by atoms with Crippen LogP contribution in [-0.2, 0) is 11.2 Å². The Morgan fingerprint density at radius 2 is 1.96 bits per heavy atom. The normalized spacial score (nSPS) is 22.5. The number of likely N-dealkylation sites (tertiary alicyclic amines) is 1. The van der Waals surface area contributed by atoms with Crippen LogP contribution in [0.5, 0.6) is 0 Å². The summed E-state index contributed by atoms with van der Waals surface area (Å²) in [7, 11) is 0. The molecule has 1 fully saturated rings. The first-order chi connectivity index (χ1) is 12.6. The number of ether oxygens (including phenoxy) is 1. The minimum Gasteiger partial charge on any atom is -0.454 e. The maximum absolute atomic E-state index is 12.8. The Morgan fingerprint density at radius 3 is 2.73 bits per heavy atom. The van der Waals surface area contributed by atoms with Crippen LogP contribution in [0, 0.1) is 0 Å². The van der Waals surface area contributed by atoms with Crippen molar-refractivity contribution < 1.29 is 19.4 Å². The molecule has 0 spiro atoms. The molecule has 1 N–H and O–H groups in total. The smallest absolute Gasteiger partial charge is 0.339 e. The molecule has 2 atom stereocenters. The Morgan fingerprint density at radius 1 is 1.15 bits per heavy atom. The lowest BCUT2D eigenvalue weighted by Crippen LogP contribution is -2.42. The second-order valence-electron chi connectivity index (χ2n) is 6.93. The fourth-order valence-corrected chi connectivity index (χ4v) is 3.70. The lowest BCUT2D eigenvalue weighted by molar-refractivity contribution is 0.0252. The molecule has 2 aromatic carbocycles. The molecule has 1 amide bonds. The monoisotopic (exact) mass is 351 g/mol. The molecule has 0 aliphatic carbocycles. The van der Waals surface area contributed by atoms with E-state index in [4.69, 9.17) is 4.74 Å². The number of carbonyl (C=O) groups excluding carboxylic acids is 2. The highest BCUT2D eigenvalue weighted by Crippen LogP contribution is 2.31. The van der Waals surface area contributed by atoms with Gasteiger partial charge in [-0.1, -0.05) is 30.3 Å². The molecule has 0 bridgehead atoms. The minimum atomic E-state index is -0.456. The Balaban J connectivity index is 1.60. The Hall–Kier alpha value is -2.66. The van der Waals surface area contributed by atoms with Crippen molar-refractivity contribution >= 4 is 11.9 Å². The Labute approximate surface area is 152 Å². The number of carbonyl (C=O) groups is 2. The fourth-order valence-electron chi connectivity index (χ4n) is 3.70. The zero-order valence-electron chi connectivity index (χ0n) is 14.4. The molecule has 5 heteroatoms. The van der Waals surface area contributed by atoms with Crippen molar-refractivity contribution in [3.63, 3.8) is 0 Å². The summed E-state index contributed by atoms with van der Waals surface area (Å²) in [6, 6.07) is 14.8. The van der Waals surface area contributed by atoms with Crippen molar-refractivity contribution in [3.8, 4) is 0 Å². The molecule has 2 aliphatic heterocycles. The quantitative estimate of drug-likeness (QED) is 0.845. The van der Waals surface area contributed by atoms with E-state index in [1.54, 1.807) is 23.1 Å². The van der Waals surface area contributed by atoms with Crippen LogP contribution >= 0.6 is 0 Å². The van der Waals surface area contributed by atoms with Crippen LogP contribution in [0.25, 0.3) is 0 Å². The molecular weight excluding hydrogens is 330 g/mol. The van der Waals surface area contributed by atoms with Crippen LogP contribution in [0.3, 0.4) is 0 Å². The maximum Gasteiger partial charge on any atom is 0.339 e. The zero-order valence-corrected chi connectivity index (χ0v) is 14.4. The van der Waals surface area contributed by atoms with Gasteiger partial charge < -0.3 is 14.7 Å². The highest BCUT2D eigenvalue weighted by molar-refractivity contribution is 5.97. The molecule has 134 valence electrons. The number of hydrogen-bond acceptors (Lipinski definition) is 4. The number of benzene rings is 2. The van der Waals surface area contributed by atoms with Gasteiger partial charge in [-0.3, -0.25) is 4.79 Å². The number of rotatable bonds is 2. The average Bonchev–Trinajstić information content (AvgIpc) is 2.67. The lowest BCUT2D eigenvalue weighted by atomic mass is 9.93. The average molecular weight is 351 g/mol. The molecule has 26 heavy (non-hydrogen) atoms. The van der Waals surface area contributed by atoms with E-state index < -0.39 is 6.10 Å². The summed E-state index contributed by atoms with van der Waals surface area (Å²) >= 11 is 0. The summed E-state index contributed by atoms with van der Waals surface area (Å²) < 4.78 is 5.56. The SMILES string of the molecule is O=C1OC(c2ccccc2)Cc2cc(C(=O)N3CCCC(O)C3)ccc21. The van der Waals surface area contributed by atoms with Crippen LogP contribution in [0.2, 0.25) is 0 Å². The highest BCUT2D eigenvalue weighted by Gasteiger charge is 2.29. The molecule has 2 aliphatic rings. The summed E-state index contributed by atoms with van der Waals surface area (Å²) in [5.41, 5.74) is 2.85. The summed E-state index contributed by atoms with van der Waals surface area (Å²) in [5, 5.41) is 9.81. The number of esters is 1. The molecule has 1 saturated heterocycles. The van der Waals surface area contributed by atoms with Crippen LogP contribution in [-0.4, -0.2) is 41.1 Å². The number of cyclic esters (lactones) is 1. The molecule has 0 saturated carbocycles. The molecule has 0 radical (unpaired) electrons. The molecule has 4 rings (SSSR count). The van der Waals surface area contributed by atoms with Gasteiger partial charge in [0, 0.05) is 25.1 Å². The Kier molecular flexibility index (Phi) is 4.47. The van der Waals surface area contributed by atoms with Gasteiger partial charge in [0.15, 0.2) is 0 Å². The van der Waals surface area contributed by atoms with Gasteiger partial charge in [-0.25, -0.2) is 4.79 Å². The first-order valence-electron chi connectivity index (χ1n) is 8.98. The number of fused-ring (bicyclic) bond motifs is 1. The van der Waals surface area contributed by atoms with Gasteiger partial charge in [-0.2, -0.15) is 0 Å². The van der Waals surface area contributed by atoms with Crippen molar-refractivity contribution in [2.45, 2.75) is 31.5 Å². The van der Waals surface area contributed by atoms with Gasteiger partial charge in [-0.05, 0) is 42.2 Å². The van der Waals surface area contributed by atoms with Gasteiger partial charge >= 0.3 is 5.97 Å². The first kappa shape index (κ1) is 16.8. The van der Waals surface area contributed by atoms with Crippen molar-refractivity contribution in [2.75, 3.05) is 13.1 Å². The van der Waals surface area contributed by atoms with E-state index in [-0.39, 0.29) is 18.0 Å². The van der Waals surface area contributed by atoms with E-state index >= 15 is 0 Å². The third kappa shape index (κ3) is 3.22. The number of aliphatic hydroxyl groups is 1.